The van der Waals surface area contributed by atoms with Gasteiger partial charge in [-0.2, -0.15) is 0 Å². The molecule has 5 aliphatic carbocycles. The van der Waals surface area contributed by atoms with E-state index in [0.717, 1.165) is 37.8 Å². The third kappa shape index (κ3) is 8.17. The average molecular weight is 1120 g/mol. The Morgan fingerprint density at radius 1 is 0.412 bits per heavy atom. The first kappa shape index (κ1) is 54.8. The second-order valence-corrected chi connectivity index (χ2v) is 32.6. The van der Waals surface area contributed by atoms with E-state index < -0.39 is 0 Å². The first-order valence-corrected chi connectivity index (χ1v) is 32.6. The number of aryl methyl sites for hydroxylation is 2. The molecule has 432 valence electrons. The Morgan fingerprint density at radius 2 is 0.847 bits per heavy atom. The van der Waals surface area contributed by atoms with Crippen LogP contribution in [0.3, 0.4) is 0 Å². The molecule has 0 radical (unpaired) electrons. The molecule has 0 bridgehead atoms. The maximum Gasteiger partial charge on any atom is 0.252 e. The predicted octanol–water partition coefficient (Wildman–Crippen LogP) is 20.5. The Balaban J connectivity index is 1.10. The van der Waals surface area contributed by atoms with Crippen LogP contribution in [0.4, 0.5) is 51.2 Å². The molecule has 15 rings (SSSR count). The number of fused-ring (bicyclic) bond motifs is 13. The molecule has 0 saturated heterocycles. The minimum Gasteiger partial charge on any atom is -0.311 e. The van der Waals surface area contributed by atoms with Gasteiger partial charge in [0.15, 0.2) is 0 Å². The molecule has 0 aromatic heterocycles. The molecule has 1 unspecified atom stereocenters. The van der Waals surface area contributed by atoms with Gasteiger partial charge in [0.2, 0.25) is 0 Å². The molecular formula is C81H90BN3. The fraction of sp³-hybridized carbons (Fsp3) is 0.407. The Morgan fingerprint density at radius 3 is 1.34 bits per heavy atom. The topological polar surface area (TPSA) is 9.72 Å². The second-order valence-electron chi connectivity index (χ2n) is 32.6. The van der Waals surface area contributed by atoms with Crippen molar-refractivity contribution >= 4 is 74.3 Å². The van der Waals surface area contributed by atoms with E-state index in [1.54, 1.807) is 5.56 Å². The highest BCUT2D eigenvalue weighted by molar-refractivity contribution is 7.00. The van der Waals surface area contributed by atoms with Gasteiger partial charge in [-0.15, -0.1) is 0 Å². The van der Waals surface area contributed by atoms with E-state index >= 15 is 0 Å². The zero-order valence-electron chi connectivity index (χ0n) is 54.3. The molecule has 8 aromatic rings. The number of benzene rings is 8. The van der Waals surface area contributed by atoms with Gasteiger partial charge in [-0.3, -0.25) is 0 Å². The van der Waals surface area contributed by atoms with Gasteiger partial charge >= 0.3 is 0 Å². The summed E-state index contributed by atoms with van der Waals surface area (Å²) in [4.78, 5) is 8.14. The van der Waals surface area contributed by atoms with Crippen LogP contribution in [0, 0.1) is 13.8 Å². The first-order valence-electron chi connectivity index (χ1n) is 32.6. The summed E-state index contributed by atoms with van der Waals surface area (Å²) in [6.07, 6.45) is 8.20. The summed E-state index contributed by atoms with van der Waals surface area (Å²) in [6.45, 7) is 41.8. The van der Waals surface area contributed by atoms with Crippen LogP contribution in [-0.4, -0.2) is 6.71 Å². The van der Waals surface area contributed by atoms with Gasteiger partial charge in [0.25, 0.3) is 6.71 Å². The normalized spacial score (nSPS) is 21.4. The van der Waals surface area contributed by atoms with E-state index in [2.05, 4.69) is 272 Å². The van der Waals surface area contributed by atoms with Crippen LogP contribution < -0.4 is 31.1 Å². The van der Waals surface area contributed by atoms with Crippen LogP contribution in [0.5, 0.6) is 0 Å². The van der Waals surface area contributed by atoms with Gasteiger partial charge in [-0.05, 0) is 258 Å². The number of rotatable bonds is 5. The second kappa shape index (κ2) is 17.9. The third-order valence-electron chi connectivity index (χ3n) is 23.2. The molecule has 2 heterocycles. The zero-order chi connectivity index (χ0) is 59.6. The van der Waals surface area contributed by atoms with E-state index in [0.29, 0.717) is 11.8 Å². The number of hydrogen-bond donors (Lipinski definition) is 0. The highest BCUT2D eigenvalue weighted by Gasteiger charge is 2.51. The van der Waals surface area contributed by atoms with Crippen molar-refractivity contribution in [2.24, 2.45) is 0 Å². The van der Waals surface area contributed by atoms with Crippen molar-refractivity contribution in [1.29, 1.82) is 0 Å². The molecule has 2 aliphatic heterocycles. The molecule has 3 nitrogen and oxygen atoms in total. The largest absolute Gasteiger partial charge is 0.311 e. The fourth-order valence-corrected chi connectivity index (χ4v) is 17.2. The van der Waals surface area contributed by atoms with Gasteiger partial charge in [-0.1, -0.05) is 183 Å². The molecule has 1 saturated carbocycles. The van der Waals surface area contributed by atoms with Crippen LogP contribution in [0.2, 0.25) is 0 Å². The molecule has 0 N–H and O–H groups in total. The van der Waals surface area contributed by atoms with Gasteiger partial charge < -0.3 is 14.7 Å². The van der Waals surface area contributed by atoms with Crippen LogP contribution >= 0.6 is 0 Å². The predicted molar refractivity (Wildman–Crippen MR) is 365 cm³/mol. The summed E-state index contributed by atoms with van der Waals surface area (Å²) < 4.78 is 0. The average Bonchev–Trinajstić information content (AvgIpc) is 1.79. The highest BCUT2D eigenvalue weighted by Crippen LogP contribution is 2.64. The summed E-state index contributed by atoms with van der Waals surface area (Å²) in [5.74, 6) is 1.15. The van der Waals surface area contributed by atoms with Gasteiger partial charge in [0.1, 0.15) is 0 Å². The van der Waals surface area contributed by atoms with Crippen LogP contribution in [0.1, 0.15) is 222 Å². The van der Waals surface area contributed by atoms with E-state index in [1.807, 2.05) is 0 Å². The Kier molecular flexibility index (Phi) is 11.6. The summed E-state index contributed by atoms with van der Waals surface area (Å²) in [7, 11) is 0. The number of anilines is 9. The SMILES string of the molecule is Cc1ccccc1N(c1cc2c3c(c1)N(c1ccc4c(c1)C(C)(C)CCC4(C)C)c1cc4c(cc1B3c1cc3c(cc1N2c1ccc2c(c1)-c1ccc(C(C)(C)C)cc1C1C[C@H]21)C(C)(C)CCC3(C)C)C(C)(C)CCC4(C)C)c1ccccc1C. The lowest BCUT2D eigenvalue weighted by Crippen LogP contribution is -2.62. The van der Waals surface area contributed by atoms with Crippen LogP contribution in [-0.2, 0) is 37.9 Å². The van der Waals surface area contributed by atoms with Crippen molar-refractivity contribution in [2.45, 2.75) is 212 Å². The molecule has 2 atom stereocenters. The van der Waals surface area contributed by atoms with E-state index in [4.69, 9.17) is 0 Å². The van der Waals surface area contributed by atoms with Crippen LogP contribution in [0.25, 0.3) is 11.1 Å². The molecule has 4 heteroatoms. The van der Waals surface area contributed by atoms with Gasteiger partial charge in [0, 0.05) is 45.5 Å². The number of nitrogens with zero attached hydrogens (tertiary/aromatic N) is 3. The van der Waals surface area contributed by atoms with Crippen molar-refractivity contribution in [1.82, 2.24) is 0 Å². The van der Waals surface area contributed by atoms with E-state index in [9.17, 15) is 0 Å². The Bertz CT molecular complexity index is 4130. The lowest BCUT2D eigenvalue weighted by molar-refractivity contribution is 0.332. The van der Waals surface area contributed by atoms with E-state index in [1.165, 1.54) is 141 Å². The van der Waals surface area contributed by atoms with Gasteiger partial charge in [0.05, 0.1) is 5.69 Å². The van der Waals surface area contributed by atoms with Crippen molar-refractivity contribution in [3.05, 3.63) is 201 Å². The summed E-state index contributed by atoms with van der Waals surface area (Å²) in [6, 6.07) is 57.1. The maximum atomic E-state index is 2.77. The minimum atomic E-state index is -0.0337. The van der Waals surface area contributed by atoms with Crippen molar-refractivity contribution in [3.8, 4) is 11.1 Å². The molecule has 1 fully saturated rings. The van der Waals surface area contributed by atoms with Crippen molar-refractivity contribution in [3.63, 3.8) is 0 Å². The quantitative estimate of drug-likeness (QED) is 0.159. The third-order valence-corrected chi connectivity index (χ3v) is 23.2. The first-order chi connectivity index (χ1) is 40.0. The molecule has 0 amide bonds. The lowest BCUT2D eigenvalue weighted by Gasteiger charge is -2.49. The molecule has 7 aliphatic rings. The zero-order valence-corrected chi connectivity index (χ0v) is 54.3. The van der Waals surface area contributed by atoms with Crippen LogP contribution in [0.15, 0.2) is 140 Å². The van der Waals surface area contributed by atoms with Crippen molar-refractivity contribution < 1.29 is 0 Å². The summed E-state index contributed by atoms with van der Waals surface area (Å²) in [5, 5.41) is 0. The Labute approximate surface area is 510 Å². The minimum absolute atomic E-state index is 0.00297. The monoisotopic (exact) mass is 1120 g/mol. The van der Waals surface area contributed by atoms with Crippen molar-refractivity contribution in [2.75, 3.05) is 14.7 Å². The lowest BCUT2D eigenvalue weighted by atomic mass is 9.32. The Hall–Kier alpha value is -6.78. The highest BCUT2D eigenvalue weighted by atomic mass is 15.2. The molecule has 8 aromatic carbocycles. The molecule has 0 spiro atoms. The molecule has 85 heavy (non-hydrogen) atoms. The molecular weight excluding hydrogens is 1030 g/mol. The number of para-hydroxylation sites is 2. The maximum absolute atomic E-state index is 2.77. The summed E-state index contributed by atoms with van der Waals surface area (Å²) >= 11 is 0. The smallest absolute Gasteiger partial charge is 0.252 e. The standard InChI is InChI=1S/C81H90BN3/c1-48-22-18-20-24-68(48)85(69-25-21-19-23-49(69)2)53-41-72-74-73(42-53)84(52-28-31-60-61(40-52)77(8,9)33-32-76(60,6)7)71-47-65-63(79(12,13)35-37-81(65,16)17)45-67(71)82(74)66-44-62-64(80(14,15)36-34-78(62,10)11)46-70(66)83(72)51-27-30-55-57(39-51)54-29-26-50(75(3,4)5)38-56(54)59-43-58(55)59/h18-31,38-42,44-47,58-59H,32-37,43H2,1-17H3/t58-,59?/m1/s1. The summed E-state index contributed by atoms with van der Waals surface area (Å²) in [5.41, 5.74) is 34.5. The fourth-order valence-electron chi connectivity index (χ4n) is 17.2. The van der Waals surface area contributed by atoms with Gasteiger partial charge in [-0.25, -0.2) is 0 Å². The number of hydrogen-bond acceptors (Lipinski definition) is 3. The van der Waals surface area contributed by atoms with E-state index in [-0.39, 0.29) is 44.6 Å².